The molecule has 0 saturated carbocycles. The van der Waals surface area contributed by atoms with E-state index in [1.165, 1.54) is 6.20 Å². The molecular formula is C19H26F2N4O2. The number of fused-ring (bicyclic) bond motifs is 4. The molecule has 0 spiro atoms. The summed E-state index contributed by atoms with van der Waals surface area (Å²) in [6.07, 6.45) is 4.73. The molecule has 1 aliphatic rings. The number of pyridine rings is 1. The molecule has 6 nitrogen and oxygen atoms in total. The molecule has 1 N–H and O–H groups in total. The minimum Gasteiger partial charge on any atom is -0.375 e. The van der Waals surface area contributed by atoms with Crippen LogP contribution in [0.25, 0.3) is 11.3 Å². The van der Waals surface area contributed by atoms with Crippen molar-refractivity contribution in [2.45, 2.75) is 52.7 Å². The lowest BCUT2D eigenvalue weighted by molar-refractivity contribution is -0.119. The zero-order valence-electron chi connectivity index (χ0n) is 16.1. The van der Waals surface area contributed by atoms with Gasteiger partial charge in [-0.05, 0) is 31.4 Å². The molecule has 27 heavy (non-hydrogen) atoms. The lowest BCUT2D eigenvalue weighted by Crippen LogP contribution is -2.21. The first-order valence-corrected chi connectivity index (χ1v) is 9.17. The van der Waals surface area contributed by atoms with Crippen LogP contribution in [0.3, 0.4) is 0 Å². The van der Waals surface area contributed by atoms with Gasteiger partial charge in [-0.3, -0.25) is 9.78 Å². The second-order valence-electron chi connectivity index (χ2n) is 6.14. The molecule has 0 aliphatic carbocycles. The van der Waals surface area contributed by atoms with E-state index in [1.54, 1.807) is 25.4 Å². The average Bonchev–Trinajstić information content (AvgIpc) is 3.10. The summed E-state index contributed by atoms with van der Waals surface area (Å²) < 4.78 is 32.9. The third-order valence-electron chi connectivity index (χ3n) is 4.46. The van der Waals surface area contributed by atoms with Crippen molar-refractivity contribution in [3.05, 3.63) is 30.2 Å². The van der Waals surface area contributed by atoms with Crippen molar-refractivity contribution < 1.29 is 18.3 Å². The maximum atomic E-state index is 13.4. The van der Waals surface area contributed by atoms with Crippen LogP contribution >= 0.6 is 0 Å². The minimum absolute atomic E-state index is 0.162. The number of methoxy groups -OCH3 is 1. The Labute approximate surface area is 157 Å². The molecule has 1 amide bonds. The summed E-state index contributed by atoms with van der Waals surface area (Å²) in [4.78, 5) is 16.7. The van der Waals surface area contributed by atoms with Gasteiger partial charge in [0.15, 0.2) is 0 Å². The molecule has 2 aromatic heterocycles. The number of alkyl halides is 2. The summed E-state index contributed by atoms with van der Waals surface area (Å²) in [6.45, 7) is 3.00. The number of carbonyl (C=O) groups is 1. The maximum absolute atomic E-state index is 13.4. The minimum atomic E-state index is -2.82. The Bertz CT molecular complexity index is 764. The first-order chi connectivity index (χ1) is 13.0. The molecule has 0 fully saturated rings. The van der Waals surface area contributed by atoms with Crippen LogP contribution in [0, 0.1) is 5.92 Å². The predicted octanol–water partition coefficient (Wildman–Crippen LogP) is 4.81. The molecule has 2 bridgehead atoms. The molecule has 3 rings (SSSR count). The lowest BCUT2D eigenvalue weighted by Gasteiger charge is -2.19. The number of carbonyl (C=O) groups excluding carboxylic acids is 1. The fourth-order valence-corrected chi connectivity index (χ4v) is 3.04. The molecule has 0 aromatic carbocycles. The molecule has 0 radical (unpaired) electrons. The maximum Gasteiger partial charge on any atom is 0.333 e. The summed E-state index contributed by atoms with van der Waals surface area (Å²) in [5.74, 6) is -0.454. The Morgan fingerprint density at radius 3 is 2.74 bits per heavy atom. The molecule has 8 heteroatoms. The number of ether oxygens (including phenoxy) is 1. The first-order valence-electron chi connectivity index (χ1n) is 9.17. The van der Waals surface area contributed by atoms with Crippen LogP contribution in [-0.2, 0) is 9.53 Å². The van der Waals surface area contributed by atoms with Gasteiger partial charge in [-0.1, -0.05) is 20.8 Å². The van der Waals surface area contributed by atoms with Crippen LogP contribution in [0.4, 0.5) is 14.5 Å². The number of aromatic nitrogens is 3. The quantitative estimate of drug-likeness (QED) is 0.812. The van der Waals surface area contributed by atoms with Crippen LogP contribution in [0.2, 0.25) is 0 Å². The first kappa shape index (κ1) is 21.0. The van der Waals surface area contributed by atoms with Gasteiger partial charge in [-0.25, -0.2) is 4.68 Å². The third-order valence-corrected chi connectivity index (χ3v) is 4.46. The van der Waals surface area contributed by atoms with Crippen LogP contribution in [0.5, 0.6) is 0 Å². The predicted molar refractivity (Wildman–Crippen MR) is 99.5 cm³/mol. The third kappa shape index (κ3) is 4.68. The highest BCUT2D eigenvalue weighted by atomic mass is 19.3. The molecule has 2 unspecified atom stereocenters. The SMILES string of the molecule is CC.COC1CCCC(C)C(=O)Nc2cnn(C(F)F)c2-c2ccnc1c2. The van der Waals surface area contributed by atoms with E-state index < -0.39 is 6.55 Å². The van der Waals surface area contributed by atoms with Crippen molar-refractivity contribution in [3.63, 3.8) is 0 Å². The Morgan fingerprint density at radius 2 is 2.07 bits per heavy atom. The van der Waals surface area contributed by atoms with E-state index in [9.17, 15) is 13.6 Å². The van der Waals surface area contributed by atoms with Crippen LogP contribution in [-0.4, -0.2) is 27.8 Å². The van der Waals surface area contributed by atoms with Crippen molar-refractivity contribution in [2.75, 3.05) is 12.4 Å². The van der Waals surface area contributed by atoms with E-state index in [2.05, 4.69) is 15.4 Å². The highest BCUT2D eigenvalue weighted by Crippen LogP contribution is 2.34. The number of hydrogen-bond acceptors (Lipinski definition) is 4. The second kappa shape index (κ2) is 9.55. The van der Waals surface area contributed by atoms with Crippen LogP contribution in [0.1, 0.15) is 58.4 Å². The number of nitrogens with zero attached hydrogens (tertiary/aromatic N) is 3. The normalized spacial score (nSPS) is 19.9. The Kier molecular flexibility index (Phi) is 7.41. The Hall–Kier alpha value is -2.35. The van der Waals surface area contributed by atoms with Gasteiger partial charge in [0.1, 0.15) is 0 Å². The van der Waals surface area contributed by atoms with Crippen molar-refractivity contribution in [3.8, 4) is 11.3 Å². The summed E-state index contributed by atoms with van der Waals surface area (Å²) in [7, 11) is 1.59. The van der Waals surface area contributed by atoms with Gasteiger partial charge in [0.05, 0.1) is 29.4 Å². The molecule has 3 heterocycles. The molecule has 0 saturated heterocycles. The summed E-state index contributed by atoms with van der Waals surface area (Å²) >= 11 is 0. The van der Waals surface area contributed by atoms with Crippen molar-refractivity contribution in [1.29, 1.82) is 0 Å². The molecule has 1 aliphatic heterocycles. The van der Waals surface area contributed by atoms with Crippen LogP contribution < -0.4 is 5.32 Å². The van der Waals surface area contributed by atoms with Gasteiger partial charge in [-0.15, -0.1) is 0 Å². The number of halogens is 2. The summed E-state index contributed by atoms with van der Waals surface area (Å²) in [5, 5.41) is 6.47. The molecule has 2 aromatic rings. The van der Waals surface area contributed by atoms with E-state index in [1.807, 2.05) is 20.8 Å². The highest BCUT2D eigenvalue weighted by molar-refractivity contribution is 5.95. The molecule has 2 atom stereocenters. The van der Waals surface area contributed by atoms with E-state index in [0.717, 1.165) is 6.42 Å². The van der Waals surface area contributed by atoms with Gasteiger partial charge in [0.25, 0.3) is 0 Å². The fourth-order valence-electron chi connectivity index (χ4n) is 3.04. The van der Waals surface area contributed by atoms with Gasteiger partial charge in [0.2, 0.25) is 5.91 Å². The van der Waals surface area contributed by atoms with E-state index >= 15 is 0 Å². The monoisotopic (exact) mass is 380 g/mol. The number of amides is 1. The largest absolute Gasteiger partial charge is 0.375 e. The van der Waals surface area contributed by atoms with E-state index in [0.29, 0.717) is 28.8 Å². The van der Waals surface area contributed by atoms with Gasteiger partial charge >= 0.3 is 6.55 Å². The summed E-state index contributed by atoms with van der Waals surface area (Å²) in [5.41, 5.74) is 1.61. The second-order valence-corrected chi connectivity index (χ2v) is 6.14. The van der Waals surface area contributed by atoms with Gasteiger partial charge in [0, 0.05) is 24.8 Å². The molecule has 148 valence electrons. The fraction of sp³-hybridized carbons (Fsp3) is 0.526. The Balaban J connectivity index is 0.00000126. The zero-order chi connectivity index (χ0) is 20.0. The Morgan fingerprint density at radius 1 is 1.33 bits per heavy atom. The number of nitrogens with one attached hydrogen (secondary N) is 1. The number of anilines is 1. The van der Waals surface area contributed by atoms with Crippen molar-refractivity contribution >= 4 is 11.6 Å². The topological polar surface area (TPSA) is 69.0 Å². The van der Waals surface area contributed by atoms with Crippen LogP contribution in [0.15, 0.2) is 24.5 Å². The van der Waals surface area contributed by atoms with Gasteiger partial charge in [-0.2, -0.15) is 13.9 Å². The smallest absolute Gasteiger partial charge is 0.333 e. The number of rotatable bonds is 2. The standard InChI is InChI=1S/C17H20F2N4O2.C2H6/c1-10-4-3-5-14(25-2)12-8-11(6-7-20-12)15-13(22-16(10)24)9-21-23(15)17(18)19;1-2/h6-10,14,17H,3-5H2,1-2H3,(H,22,24);1-2H3. The summed E-state index contributed by atoms with van der Waals surface area (Å²) in [6, 6.07) is 3.34. The van der Waals surface area contributed by atoms with E-state index in [4.69, 9.17) is 4.74 Å². The lowest BCUT2D eigenvalue weighted by atomic mass is 9.98. The van der Waals surface area contributed by atoms with Gasteiger partial charge < -0.3 is 10.1 Å². The average molecular weight is 380 g/mol. The van der Waals surface area contributed by atoms with E-state index in [-0.39, 0.29) is 29.3 Å². The zero-order valence-corrected chi connectivity index (χ0v) is 16.1. The van der Waals surface area contributed by atoms with Crippen molar-refractivity contribution in [2.24, 2.45) is 5.92 Å². The highest BCUT2D eigenvalue weighted by Gasteiger charge is 2.24. The number of hydrogen-bond donors (Lipinski definition) is 1. The molecular weight excluding hydrogens is 354 g/mol. The van der Waals surface area contributed by atoms with Crippen molar-refractivity contribution in [1.82, 2.24) is 14.8 Å².